The summed E-state index contributed by atoms with van der Waals surface area (Å²) in [6.07, 6.45) is 0. The van der Waals surface area contributed by atoms with Crippen molar-refractivity contribution in [2.24, 2.45) is 0 Å². The molecule has 0 amide bonds. The number of aromatic nitrogens is 2. The molecule has 1 atom stereocenters. The third kappa shape index (κ3) is 4.02. The Morgan fingerprint density at radius 2 is 1.95 bits per heavy atom. The molecule has 0 spiro atoms. The Labute approximate surface area is 129 Å². The maximum atomic E-state index is 11.4. The molecule has 1 heterocycles. The second kappa shape index (κ2) is 7.52. The first-order valence-corrected chi connectivity index (χ1v) is 8.78. The van der Waals surface area contributed by atoms with E-state index in [2.05, 4.69) is 29.5 Å². The van der Waals surface area contributed by atoms with Crippen LogP contribution in [0.5, 0.6) is 0 Å². The lowest BCUT2D eigenvalue weighted by molar-refractivity contribution is 0.673. The van der Waals surface area contributed by atoms with E-state index in [0.29, 0.717) is 5.75 Å². The zero-order valence-electron chi connectivity index (χ0n) is 12.9. The topological polar surface area (TPSA) is 46.9 Å². The van der Waals surface area contributed by atoms with Gasteiger partial charge in [-0.05, 0) is 26.0 Å². The van der Waals surface area contributed by atoms with Gasteiger partial charge in [-0.25, -0.2) is 4.68 Å². The number of para-hydroxylation sites is 1. The molecule has 0 saturated carbocycles. The van der Waals surface area contributed by atoms with Crippen molar-refractivity contribution >= 4 is 10.8 Å². The number of aryl methyl sites for hydroxylation is 1. The van der Waals surface area contributed by atoms with Crippen LogP contribution >= 0.6 is 0 Å². The number of nitrogens with zero attached hydrogens (tertiary/aromatic N) is 2. The van der Waals surface area contributed by atoms with E-state index in [-0.39, 0.29) is 0 Å². The lowest BCUT2D eigenvalue weighted by atomic mass is 10.2. The highest BCUT2D eigenvalue weighted by molar-refractivity contribution is 7.84. The predicted octanol–water partition coefficient (Wildman–Crippen LogP) is 2.35. The first-order valence-electron chi connectivity index (χ1n) is 7.29. The lowest BCUT2D eigenvalue weighted by Gasteiger charge is -2.06. The second-order valence-corrected chi connectivity index (χ2v) is 6.87. The van der Waals surface area contributed by atoms with Gasteiger partial charge in [-0.1, -0.05) is 25.1 Å². The van der Waals surface area contributed by atoms with Crippen molar-refractivity contribution in [1.29, 1.82) is 0 Å². The van der Waals surface area contributed by atoms with Crippen molar-refractivity contribution in [3.05, 3.63) is 47.3 Å². The van der Waals surface area contributed by atoms with Crippen molar-refractivity contribution in [2.75, 3.05) is 18.1 Å². The summed E-state index contributed by atoms with van der Waals surface area (Å²) in [5.74, 6) is 1.44. The van der Waals surface area contributed by atoms with Gasteiger partial charge >= 0.3 is 0 Å². The fourth-order valence-electron chi connectivity index (χ4n) is 2.30. The highest BCUT2D eigenvalue weighted by Gasteiger charge is 2.12. The minimum Gasteiger partial charge on any atom is -0.312 e. The van der Waals surface area contributed by atoms with Gasteiger partial charge in [-0.2, -0.15) is 5.10 Å². The SMILES string of the molecule is CCS(=O)CCNCc1c(C)nn(-c2ccccc2)c1C. The zero-order valence-corrected chi connectivity index (χ0v) is 13.7. The van der Waals surface area contributed by atoms with E-state index in [4.69, 9.17) is 0 Å². The van der Waals surface area contributed by atoms with E-state index in [1.807, 2.05) is 36.7 Å². The molecule has 1 aromatic carbocycles. The quantitative estimate of drug-likeness (QED) is 0.799. The molecule has 0 aliphatic heterocycles. The van der Waals surface area contributed by atoms with Gasteiger partial charge in [0.2, 0.25) is 0 Å². The molecule has 4 nitrogen and oxygen atoms in total. The summed E-state index contributed by atoms with van der Waals surface area (Å²) in [4.78, 5) is 0. The summed E-state index contributed by atoms with van der Waals surface area (Å²) in [6, 6.07) is 10.2. The van der Waals surface area contributed by atoms with Gasteiger partial charge in [-0.3, -0.25) is 4.21 Å². The Balaban J connectivity index is 2.04. The summed E-state index contributed by atoms with van der Waals surface area (Å²) in [5, 5.41) is 7.99. The average Bonchev–Trinajstić information content (AvgIpc) is 2.79. The molecule has 5 heteroatoms. The highest BCUT2D eigenvalue weighted by atomic mass is 32.2. The number of hydrogen-bond donors (Lipinski definition) is 1. The van der Waals surface area contributed by atoms with E-state index < -0.39 is 10.8 Å². The zero-order chi connectivity index (χ0) is 15.2. The van der Waals surface area contributed by atoms with E-state index in [1.165, 1.54) is 5.56 Å². The van der Waals surface area contributed by atoms with Crippen molar-refractivity contribution in [2.45, 2.75) is 27.3 Å². The van der Waals surface area contributed by atoms with Gasteiger partial charge in [0, 0.05) is 46.7 Å². The van der Waals surface area contributed by atoms with Crippen LogP contribution in [0.25, 0.3) is 5.69 Å². The molecule has 2 rings (SSSR count). The third-order valence-corrected chi connectivity index (χ3v) is 4.88. The first-order chi connectivity index (χ1) is 10.1. The standard InChI is InChI=1S/C16H23N3OS/c1-4-21(20)11-10-17-12-16-13(2)18-19(14(16)3)15-8-6-5-7-9-15/h5-9,17H,4,10-12H2,1-3H3. The molecule has 2 aromatic rings. The molecular weight excluding hydrogens is 282 g/mol. The van der Waals surface area contributed by atoms with Crippen LogP contribution in [-0.2, 0) is 17.3 Å². The van der Waals surface area contributed by atoms with Crippen LogP contribution in [0.15, 0.2) is 30.3 Å². The average molecular weight is 305 g/mol. The van der Waals surface area contributed by atoms with Crippen LogP contribution in [0.1, 0.15) is 23.9 Å². The van der Waals surface area contributed by atoms with Gasteiger partial charge in [0.25, 0.3) is 0 Å². The molecule has 1 N–H and O–H groups in total. The van der Waals surface area contributed by atoms with Gasteiger partial charge < -0.3 is 5.32 Å². The highest BCUT2D eigenvalue weighted by Crippen LogP contribution is 2.17. The normalized spacial score (nSPS) is 12.5. The summed E-state index contributed by atoms with van der Waals surface area (Å²) >= 11 is 0. The van der Waals surface area contributed by atoms with Crippen LogP contribution in [-0.4, -0.2) is 32.0 Å². The molecule has 0 bridgehead atoms. The number of benzene rings is 1. The minimum atomic E-state index is -0.703. The molecule has 0 aliphatic carbocycles. The predicted molar refractivity (Wildman–Crippen MR) is 88.3 cm³/mol. The Bertz CT molecular complexity index is 607. The molecule has 21 heavy (non-hydrogen) atoms. The van der Waals surface area contributed by atoms with Crippen LogP contribution in [0.2, 0.25) is 0 Å². The summed E-state index contributed by atoms with van der Waals surface area (Å²) < 4.78 is 13.4. The maximum Gasteiger partial charge on any atom is 0.0648 e. The lowest BCUT2D eigenvalue weighted by Crippen LogP contribution is -2.21. The van der Waals surface area contributed by atoms with Crippen LogP contribution in [0.4, 0.5) is 0 Å². The van der Waals surface area contributed by atoms with Crippen LogP contribution in [0, 0.1) is 13.8 Å². The Morgan fingerprint density at radius 3 is 2.62 bits per heavy atom. The maximum absolute atomic E-state index is 11.4. The smallest absolute Gasteiger partial charge is 0.0648 e. The second-order valence-electron chi connectivity index (χ2n) is 5.01. The van der Waals surface area contributed by atoms with Crippen LogP contribution in [0.3, 0.4) is 0 Å². The fraction of sp³-hybridized carbons (Fsp3) is 0.438. The van der Waals surface area contributed by atoms with Gasteiger partial charge in [0.1, 0.15) is 0 Å². The third-order valence-electron chi connectivity index (χ3n) is 3.57. The molecule has 0 aliphatic rings. The van der Waals surface area contributed by atoms with E-state index >= 15 is 0 Å². The fourth-order valence-corrected chi connectivity index (χ4v) is 2.96. The molecule has 0 saturated heterocycles. The Kier molecular flexibility index (Phi) is 5.70. The van der Waals surface area contributed by atoms with Crippen LogP contribution < -0.4 is 5.32 Å². The van der Waals surface area contributed by atoms with Crippen molar-refractivity contribution in [3.63, 3.8) is 0 Å². The Morgan fingerprint density at radius 1 is 1.24 bits per heavy atom. The van der Waals surface area contributed by atoms with E-state index in [1.54, 1.807) is 0 Å². The van der Waals surface area contributed by atoms with Gasteiger partial charge in [0.05, 0.1) is 11.4 Å². The van der Waals surface area contributed by atoms with Crippen molar-refractivity contribution < 1.29 is 4.21 Å². The first kappa shape index (κ1) is 15.9. The number of rotatable bonds is 7. The van der Waals surface area contributed by atoms with E-state index in [9.17, 15) is 4.21 Å². The minimum absolute atomic E-state index is 0.703. The van der Waals surface area contributed by atoms with Crippen molar-refractivity contribution in [1.82, 2.24) is 15.1 Å². The molecule has 114 valence electrons. The largest absolute Gasteiger partial charge is 0.312 e. The summed E-state index contributed by atoms with van der Waals surface area (Å²) in [7, 11) is -0.703. The van der Waals surface area contributed by atoms with Gasteiger partial charge in [0.15, 0.2) is 0 Å². The molecule has 1 aromatic heterocycles. The molecular formula is C16H23N3OS. The number of hydrogen-bond acceptors (Lipinski definition) is 3. The summed E-state index contributed by atoms with van der Waals surface area (Å²) in [5.41, 5.74) is 4.50. The monoisotopic (exact) mass is 305 g/mol. The van der Waals surface area contributed by atoms with Crippen molar-refractivity contribution in [3.8, 4) is 5.69 Å². The van der Waals surface area contributed by atoms with E-state index in [0.717, 1.165) is 35.9 Å². The summed E-state index contributed by atoms with van der Waals surface area (Å²) in [6.45, 7) is 7.62. The van der Waals surface area contributed by atoms with Gasteiger partial charge in [-0.15, -0.1) is 0 Å². The Hall–Kier alpha value is -1.46. The molecule has 0 radical (unpaired) electrons. The number of nitrogens with one attached hydrogen (secondary N) is 1. The molecule has 1 unspecified atom stereocenters. The molecule has 0 fully saturated rings.